The highest BCUT2D eigenvalue weighted by Crippen LogP contribution is 2.27. The predicted molar refractivity (Wildman–Crippen MR) is 129 cm³/mol. The monoisotopic (exact) mass is 439 g/mol. The first-order valence-electron chi connectivity index (χ1n) is 11.1. The second-order valence-electron chi connectivity index (χ2n) is 7.98. The Labute approximate surface area is 192 Å². The van der Waals surface area contributed by atoms with Crippen LogP contribution in [0.4, 0.5) is 5.95 Å². The summed E-state index contributed by atoms with van der Waals surface area (Å²) in [6.07, 6.45) is 6.34. The Bertz CT molecular complexity index is 1390. The Hall–Kier alpha value is -4.04. The van der Waals surface area contributed by atoms with Gasteiger partial charge in [0, 0.05) is 56.0 Å². The number of nitrogens with zero attached hydrogens (tertiary/aromatic N) is 6. The number of rotatable bonds is 5. The molecule has 166 valence electrons. The number of aromatic nitrogens is 6. The second-order valence-corrected chi connectivity index (χ2v) is 7.98. The van der Waals surface area contributed by atoms with Crippen LogP contribution in [-0.2, 0) is 11.2 Å². The Morgan fingerprint density at radius 2 is 1.76 bits per heavy atom. The van der Waals surface area contributed by atoms with E-state index in [9.17, 15) is 0 Å². The molecule has 4 heterocycles. The zero-order chi connectivity index (χ0) is 22.0. The lowest BCUT2D eigenvalue weighted by Crippen LogP contribution is -2.37. The molecule has 1 aliphatic rings. The van der Waals surface area contributed by atoms with E-state index in [1.807, 2.05) is 41.2 Å². The number of nitrogens with one attached hydrogen (secondary N) is 1. The van der Waals surface area contributed by atoms with Gasteiger partial charge in [-0.25, -0.2) is 4.98 Å². The molecule has 3 aromatic heterocycles. The number of morpholine rings is 1. The molecule has 1 N–H and O–H groups in total. The number of hydrogen-bond donors (Lipinski definition) is 1. The summed E-state index contributed by atoms with van der Waals surface area (Å²) in [5.74, 6) is 2.75. The Morgan fingerprint density at radius 3 is 2.64 bits per heavy atom. The maximum atomic E-state index is 5.54. The van der Waals surface area contributed by atoms with Crippen LogP contribution in [0.25, 0.3) is 28.2 Å². The largest absolute Gasteiger partial charge is 0.378 e. The fourth-order valence-electron chi connectivity index (χ4n) is 4.19. The van der Waals surface area contributed by atoms with Crippen molar-refractivity contribution in [3.63, 3.8) is 0 Å². The Morgan fingerprint density at radius 1 is 0.909 bits per heavy atom. The summed E-state index contributed by atoms with van der Waals surface area (Å²) in [5, 5.41) is 1.08. The third-order valence-corrected chi connectivity index (χ3v) is 5.88. The molecule has 0 saturated carbocycles. The first-order chi connectivity index (χ1) is 16.3. The van der Waals surface area contributed by atoms with E-state index in [0.717, 1.165) is 35.4 Å². The number of hydrogen-bond acceptors (Lipinski definition) is 6. The average Bonchev–Trinajstić information content (AvgIpc) is 3.54. The van der Waals surface area contributed by atoms with Gasteiger partial charge in [0.25, 0.3) is 0 Å². The molecule has 0 spiro atoms. The lowest BCUT2D eigenvalue weighted by atomic mass is 10.1. The van der Waals surface area contributed by atoms with Crippen molar-refractivity contribution >= 4 is 16.9 Å². The van der Waals surface area contributed by atoms with Crippen LogP contribution in [0.3, 0.4) is 0 Å². The van der Waals surface area contributed by atoms with Crippen LogP contribution >= 0.6 is 0 Å². The smallest absolute Gasteiger partial charge is 0.240 e. The quantitative estimate of drug-likeness (QED) is 0.447. The van der Waals surface area contributed by atoms with Gasteiger partial charge < -0.3 is 14.6 Å². The minimum atomic E-state index is 0. The van der Waals surface area contributed by atoms with Crippen LogP contribution in [0, 0.1) is 0 Å². The number of anilines is 1. The summed E-state index contributed by atoms with van der Waals surface area (Å²) in [5.41, 5.74) is 3.20. The number of H-pyrrole nitrogens is 1. The van der Waals surface area contributed by atoms with Crippen LogP contribution in [-0.4, -0.2) is 55.8 Å². The van der Waals surface area contributed by atoms with E-state index in [4.69, 9.17) is 19.7 Å². The molecule has 8 nitrogen and oxygen atoms in total. The summed E-state index contributed by atoms with van der Waals surface area (Å²) in [6.45, 7) is 2.82. The summed E-state index contributed by atoms with van der Waals surface area (Å²) in [6, 6.07) is 18.5. The molecule has 0 bridgehead atoms. The summed E-state index contributed by atoms with van der Waals surface area (Å²) in [4.78, 5) is 24.7. The van der Waals surface area contributed by atoms with Crippen molar-refractivity contribution in [1.29, 1.82) is 0 Å². The molecule has 1 fully saturated rings. The van der Waals surface area contributed by atoms with E-state index in [-0.39, 0.29) is 1.43 Å². The fourth-order valence-corrected chi connectivity index (χ4v) is 4.19. The molecule has 5 aromatic rings. The lowest BCUT2D eigenvalue weighted by molar-refractivity contribution is 0.122. The van der Waals surface area contributed by atoms with Crippen molar-refractivity contribution in [2.75, 3.05) is 31.2 Å². The van der Waals surface area contributed by atoms with Crippen LogP contribution in [0.5, 0.6) is 0 Å². The molecule has 0 radical (unpaired) electrons. The zero-order valence-corrected chi connectivity index (χ0v) is 18.1. The van der Waals surface area contributed by atoms with Gasteiger partial charge in [-0.2, -0.15) is 15.0 Å². The highest BCUT2D eigenvalue weighted by molar-refractivity contribution is 5.93. The number of imidazole rings is 1. The molecule has 1 saturated heterocycles. The van der Waals surface area contributed by atoms with Crippen LogP contribution < -0.4 is 4.90 Å². The van der Waals surface area contributed by atoms with Gasteiger partial charge in [-0.15, -0.1) is 0 Å². The van der Waals surface area contributed by atoms with Crippen molar-refractivity contribution in [2.24, 2.45) is 0 Å². The number of aromatic amines is 1. The van der Waals surface area contributed by atoms with Gasteiger partial charge in [0.05, 0.1) is 13.2 Å². The first-order valence-corrected chi connectivity index (χ1v) is 11.1. The molecular weight excluding hydrogens is 414 g/mol. The number of ether oxygens (including phenoxy) is 1. The van der Waals surface area contributed by atoms with Crippen molar-refractivity contribution < 1.29 is 6.16 Å². The average molecular weight is 440 g/mol. The minimum absolute atomic E-state index is 0. The minimum Gasteiger partial charge on any atom is -0.378 e. The van der Waals surface area contributed by atoms with Crippen molar-refractivity contribution in [3.8, 4) is 17.3 Å². The molecule has 0 atom stereocenters. The normalized spacial score (nSPS) is 14.1. The van der Waals surface area contributed by atoms with Gasteiger partial charge in [0.2, 0.25) is 11.9 Å². The van der Waals surface area contributed by atoms with E-state index in [1.165, 1.54) is 5.56 Å². The predicted octanol–water partition coefficient (Wildman–Crippen LogP) is 3.88. The van der Waals surface area contributed by atoms with Gasteiger partial charge in [0.15, 0.2) is 5.82 Å². The summed E-state index contributed by atoms with van der Waals surface area (Å²) < 4.78 is 7.50. The van der Waals surface area contributed by atoms with Gasteiger partial charge >= 0.3 is 0 Å². The van der Waals surface area contributed by atoms with E-state index in [1.54, 1.807) is 6.20 Å². The van der Waals surface area contributed by atoms with Gasteiger partial charge in [-0.05, 0) is 17.7 Å². The molecule has 8 heteroatoms. The molecule has 0 unspecified atom stereocenters. The Balaban J connectivity index is 0.00000241. The third kappa shape index (κ3) is 3.85. The molecule has 33 heavy (non-hydrogen) atoms. The molecular formula is C25H25N7O. The lowest BCUT2D eigenvalue weighted by Gasteiger charge is -2.27. The Kier molecular flexibility index (Phi) is 5.04. The van der Waals surface area contributed by atoms with Gasteiger partial charge in [-0.1, -0.05) is 42.5 Å². The molecule has 2 aromatic carbocycles. The molecule has 0 amide bonds. The zero-order valence-electron chi connectivity index (χ0n) is 18.1. The van der Waals surface area contributed by atoms with E-state index < -0.39 is 0 Å². The SMILES string of the molecule is [HH].c1ccc(Cc2nccn2-c2nc(-c3cccc4[nH]ccc34)nc(N3CCOCC3)n2)cc1. The fraction of sp³-hybridized carbons (Fsp3) is 0.200. The highest BCUT2D eigenvalue weighted by atomic mass is 16.5. The third-order valence-electron chi connectivity index (χ3n) is 5.88. The number of benzene rings is 2. The molecule has 0 aliphatic carbocycles. The van der Waals surface area contributed by atoms with E-state index in [2.05, 4.69) is 45.2 Å². The molecule has 1 aliphatic heterocycles. The molecule has 6 rings (SSSR count). The van der Waals surface area contributed by atoms with Gasteiger partial charge in [-0.3, -0.25) is 4.57 Å². The standard InChI is InChI=1S/C25H23N7O.H2/c1-2-5-18(6-3-1)17-22-27-11-12-32(22)25-29-23(20-7-4-8-21-19(20)9-10-26-21)28-24(30-25)31-13-15-33-16-14-31;/h1-12,26H,13-17H2;1H. The maximum Gasteiger partial charge on any atom is 0.240 e. The van der Waals surface area contributed by atoms with E-state index >= 15 is 0 Å². The number of fused-ring (bicyclic) bond motifs is 1. The highest BCUT2D eigenvalue weighted by Gasteiger charge is 2.20. The topological polar surface area (TPSA) is 84.8 Å². The van der Waals surface area contributed by atoms with Crippen LogP contribution in [0.1, 0.15) is 12.8 Å². The van der Waals surface area contributed by atoms with Crippen molar-refractivity contribution in [1.82, 2.24) is 29.5 Å². The van der Waals surface area contributed by atoms with E-state index in [0.29, 0.717) is 37.4 Å². The van der Waals surface area contributed by atoms with Crippen molar-refractivity contribution in [2.45, 2.75) is 6.42 Å². The summed E-state index contributed by atoms with van der Waals surface area (Å²) >= 11 is 0. The van der Waals surface area contributed by atoms with Crippen LogP contribution in [0.15, 0.2) is 73.2 Å². The second kappa shape index (κ2) is 8.48. The van der Waals surface area contributed by atoms with Gasteiger partial charge in [0.1, 0.15) is 5.82 Å². The van der Waals surface area contributed by atoms with Crippen molar-refractivity contribution in [3.05, 3.63) is 84.6 Å². The maximum absolute atomic E-state index is 5.54. The summed E-state index contributed by atoms with van der Waals surface area (Å²) in [7, 11) is 0. The first kappa shape index (κ1) is 19.6. The van der Waals surface area contributed by atoms with Crippen LogP contribution in [0.2, 0.25) is 0 Å².